The predicted molar refractivity (Wildman–Crippen MR) is 99.9 cm³/mol. The summed E-state index contributed by atoms with van der Waals surface area (Å²) >= 11 is 0. The lowest BCUT2D eigenvalue weighted by molar-refractivity contribution is -0.117. The zero-order valence-corrected chi connectivity index (χ0v) is 14.6. The molecule has 8 nitrogen and oxygen atoms in total. The van der Waals surface area contributed by atoms with Crippen LogP contribution in [0.5, 0.6) is 0 Å². The fraction of sp³-hybridized carbons (Fsp3) is 0.211. The summed E-state index contributed by atoms with van der Waals surface area (Å²) in [6.45, 7) is 2.05. The van der Waals surface area contributed by atoms with Gasteiger partial charge in [0, 0.05) is 23.4 Å². The monoisotopic (exact) mass is 362 g/mol. The normalized spacial score (nSPS) is 18.0. The molecule has 0 spiro atoms. The molecule has 0 aliphatic heterocycles. The SMILES string of the molecule is C[C@H]1C[C@H]1C(=O)Nc1cccc(C(=O)Nc2n[nH]c(-c3ccccn3)n2)c1. The second-order valence-electron chi connectivity index (χ2n) is 6.57. The van der Waals surface area contributed by atoms with Crippen LogP contribution in [-0.4, -0.2) is 32.0 Å². The first-order valence-electron chi connectivity index (χ1n) is 8.66. The largest absolute Gasteiger partial charge is 0.326 e. The molecule has 8 heteroatoms. The van der Waals surface area contributed by atoms with E-state index < -0.39 is 0 Å². The first-order chi connectivity index (χ1) is 13.1. The lowest BCUT2D eigenvalue weighted by atomic mass is 10.2. The molecule has 3 N–H and O–H groups in total. The summed E-state index contributed by atoms with van der Waals surface area (Å²) < 4.78 is 0. The van der Waals surface area contributed by atoms with Crippen LogP contribution in [0.3, 0.4) is 0 Å². The molecule has 1 aromatic carbocycles. The van der Waals surface area contributed by atoms with Crippen molar-refractivity contribution in [2.75, 3.05) is 10.6 Å². The number of amides is 2. The number of hydrogen-bond acceptors (Lipinski definition) is 5. The lowest BCUT2D eigenvalue weighted by Gasteiger charge is -2.07. The molecule has 27 heavy (non-hydrogen) atoms. The number of aromatic nitrogens is 4. The molecule has 2 amide bonds. The number of aromatic amines is 1. The summed E-state index contributed by atoms with van der Waals surface area (Å²) in [6.07, 6.45) is 2.56. The smallest absolute Gasteiger partial charge is 0.258 e. The number of hydrogen-bond donors (Lipinski definition) is 3. The third-order valence-corrected chi connectivity index (χ3v) is 4.46. The van der Waals surface area contributed by atoms with Crippen LogP contribution in [0.4, 0.5) is 11.6 Å². The molecule has 1 saturated carbocycles. The lowest BCUT2D eigenvalue weighted by Crippen LogP contribution is -2.16. The number of anilines is 2. The van der Waals surface area contributed by atoms with Gasteiger partial charge >= 0.3 is 0 Å². The van der Waals surface area contributed by atoms with Gasteiger partial charge in [-0.1, -0.05) is 19.1 Å². The van der Waals surface area contributed by atoms with Gasteiger partial charge in [-0.05, 0) is 42.7 Å². The van der Waals surface area contributed by atoms with Crippen LogP contribution in [0, 0.1) is 11.8 Å². The average molecular weight is 362 g/mol. The van der Waals surface area contributed by atoms with E-state index in [-0.39, 0.29) is 23.7 Å². The van der Waals surface area contributed by atoms with Gasteiger partial charge in [-0.3, -0.25) is 25.0 Å². The van der Waals surface area contributed by atoms with E-state index in [1.807, 2.05) is 13.0 Å². The first-order valence-corrected chi connectivity index (χ1v) is 8.66. The maximum Gasteiger partial charge on any atom is 0.258 e. The Labute approximate surface area is 155 Å². The summed E-state index contributed by atoms with van der Waals surface area (Å²) in [4.78, 5) is 32.9. The summed E-state index contributed by atoms with van der Waals surface area (Å²) in [7, 11) is 0. The minimum absolute atomic E-state index is 0.00553. The Morgan fingerprint density at radius 1 is 1.15 bits per heavy atom. The number of carbonyl (C=O) groups is 2. The highest BCUT2D eigenvalue weighted by Gasteiger charge is 2.39. The molecule has 0 radical (unpaired) electrons. The maximum absolute atomic E-state index is 12.5. The van der Waals surface area contributed by atoms with Gasteiger partial charge in [0.15, 0.2) is 5.82 Å². The molecule has 3 aromatic rings. The van der Waals surface area contributed by atoms with Gasteiger partial charge in [0.2, 0.25) is 11.9 Å². The molecule has 0 unspecified atom stereocenters. The Morgan fingerprint density at radius 2 is 2.00 bits per heavy atom. The third-order valence-electron chi connectivity index (χ3n) is 4.46. The minimum atomic E-state index is -0.363. The van der Waals surface area contributed by atoms with Crippen LogP contribution in [0.15, 0.2) is 48.7 Å². The second kappa shape index (κ2) is 6.99. The van der Waals surface area contributed by atoms with Crippen molar-refractivity contribution in [1.82, 2.24) is 20.2 Å². The Bertz CT molecular complexity index is 985. The number of nitrogens with zero attached hydrogens (tertiary/aromatic N) is 3. The van der Waals surface area contributed by atoms with Gasteiger partial charge in [0.1, 0.15) is 5.69 Å². The van der Waals surface area contributed by atoms with Crippen LogP contribution in [-0.2, 0) is 4.79 Å². The first kappa shape index (κ1) is 16.9. The van der Waals surface area contributed by atoms with E-state index in [0.717, 1.165) is 6.42 Å². The van der Waals surface area contributed by atoms with Crippen LogP contribution in [0.2, 0.25) is 0 Å². The molecule has 2 aromatic heterocycles. The minimum Gasteiger partial charge on any atom is -0.326 e. The fourth-order valence-corrected chi connectivity index (χ4v) is 2.77. The summed E-state index contributed by atoms with van der Waals surface area (Å²) in [6, 6.07) is 12.2. The number of benzene rings is 1. The highest BCUT2D eigenvalue weighted by Crippen LogP contribution is 2.38. The van der Waals surface area contributed by atoms with Gasteiger partial charge in [0.05, 0.1) is 0 Å². The van der Waals surface area contributed by atoms with E-state index in [4.69, 9.17) is 0 Å². The van der Waals surface area contributed by atoms with Crippen LogP contribution < -0.4 is 10.6 Å². The standard InChI is InChI=1S/C19H18N6O2/c1-11-9-14(11)18(27)21-13-6-4-5-12(10-13)17(26)23-19-22-16(24-25-19)15-7-2-3-8-20-15/h2-8,10-11,14H,9H2,1H3,(H,21,27)(H2,22,23,24,25,26)/t11-,14+/m0/s1. The molecule has 1 fully saturated rings. The number of pyridine rings is 1. The molecule has 1 aliphatic rings. The molecule has 136 valence electrons. The quantitative estimate of drug-likeness (QED) is 0.646. The Morgan fingerprint density at radius 3 is 2.74 bits per heavy atom. The summed E-state index contributed by atoms with van der Waals surface area (Å²) in [5.41, 5.74) is 1.63. The topological polar surface area (TPSA) is 113 Å². The second-order valence-corrected chi connectivity index (χ2v) is 6.57. The zero-order chi connectivity index (χ0) is 18.8. The van der Waals surface area contributed by atoms with Gasteiger partial charge in [-0.2, -0.15) is 4.98 Å². The van der Waals surface area contributed by atoms with Crippen LogP contribution in [0.25, 0.3) is 11.5 Å². The Balaban J connectivity index is 1.43. The Kier molecular flexibility index (Phi) is 4.37. The van der Waals surface area contributed by atoms with Crippen molar-refractivity contribution in [2.24, 2.45) is 11.8 Å². The van der Waals surface area contributed by atoms with Crippen LogP contribution >= 0.6 is 0 Å². The summed E-state index contributed by atoms with van der Waals surface area (Å²) in [5.74, 6) is 0.745. The number of nitrogens with one attached hydrogen (secondary N) is 3. The number of carbonyl (C=O) groups excluding carboxylic acids is 2. The summed E-state index contributed by atoms with van der Waals surface area (Å²) in [5, 5.41) is 12.2. The molecule has 0 saturated heterocycles. The molecule has 4 rings (SSSR count). The average Bonchev–Trinajstić information content (AvgIpc) is 3.24. The van der Waals surface area contributed by atoms with E-state index in [2.05, 4.69) is 30.8 Å². The van der Waals surface area contributed by atoms with Crippen molar-refractivity contribution in [3.05, 3.63) is 54.2 Å². The van der Waals surface area contributed by atoms with Crippen molar-refractivity contribution in [2.45, 2.75) is 13.3 Å². The van der Waals surface area contributed by atoms with Crippen LogP contribution in [0.1, 0.15) is 23.7 Å². The molecule has 2 heterocycles. The van der Waals surface area contributed by atoms with Gasteiger partial charge in [-0.25, -0.2) is 0 Å². The molecule has 1 aliphatic carbocycles. The molecular formula is C19H18N6O2. The number of rotatable bonds is 5. The Hall–Kier alpha value is -3.55. The zero-order valence-electron chi connectivity index (χ0n) is 14.6. The van der Waals surface area contributed by atoms with Crippen molar-refractivity contribution in [1.29, 1.82) is 0 Å². The van der Waals surface area contributed by atoms with E-state index >= 15 is 0 Å². The van der Waals surface area contributed by atoms with Crippen molar-refractivity contribution in [3.8, 4) is 11.5 Å². The molecule has 2 atom stereocenters. The highest BCUT2D eigenvalue weighted by atomic mass is 16.2. The van der Waals surface area contributed by atoms with Crippen molar-refractivity contribution >= 4 is 23.5 Å². The molecule has 0 bridgehead atoms. The van der Waals surface area contributed by atoms with Crippen molar-refractivity contribution < 1.29 is 9.59 Å². The predicted octanol–water partition coefficient (Wildman–Crippen LogP) is 2.71. The van der Waals surface area contributed by atoms with E-state index in [0.29, 0.717) is 28.7 Å². The van der Waals surface area contributed by atoms with Gasteiger partial charge in [-0.15, -0.1) is 5.10 Å². The number of H-pyrrole nitrogens is 1. The highest BCUT2D eigenvalue weighted by molar-refractivity contribution is 6.04. The van der Waals surface area contributed by atoms with E-state index in [1.54, 1.807) is 42.6 Å². The van der Waals surface area contributed by atoms with Gasteiger partial charge in [0.25, 0.3) is 5.91 Å². The van der Waals surface area contributed by atoms with Gasteiger partial charge < -0.3 is 5.32 Å². The molecular weight excluding hydrogens is 344 g/mol. The van der Waals surface area contributed by atoms with E-state index in [9.17, 15) is 9.59 Å². The van der Waals surface area contributed by atoms with E-state index in [1.165, 1.54) is 0 Å². The maximum atomic E-state index is 12.5. The van der Waals surface area contributed by atoms with Crippen molar-refractivity contribution in [3.63, 3.8) is 0 Å². The fourth-order valence-electron chi connectivity index (χ4n) is 2.77. The third kappa shape index (κ3) is 3.84.